The zero-order chi connectivity index (χ0) is 17.4. The number of halogens is 3. The van der Waals surface area contributed by atoms with E-state index in [1.54, 1.807) is 0 Å². The van der Waals surface area contributed by atoms with Gasteiger partial charge in [0.05, 0.1) is 11.8 Å². The van der Waals surface area contributed by atoms with Gasteiger partial charge >= 0.3 is 18.2 Å². The van der Waals surface area contributed by atoms with E-state index in [0.717, 1.165) is 24.2 Å². The minimum Gasteiger partial charge on any atom is -0.481 e. The fraction of sp³-hybridized carbons (Fsp3) is 0.867. The zero-order valence-corrected chi connectivity index (χ0v) is 13.3. The number of carbonyl (C=O) groups excluding carboxylic acids is 1. The molecule has 2 N–H and O–H groups in total. The Balaban J connectivity index is 1.99. The van der Waals surface area contributed by atoms with Crippen molar-refractivity contribution in [1.29, 1.82) is 0 Å². The average Bonchev–Trinajstić information content (AvgIpc) is 2.82. The van der Waals surface area contributed by atoms with E-state index in [-0.39, 0.29) is 6.04 Å². The summed E-state index contributed by atoms with van der Waals surface area (Å²) in [4.78, 5) is 24.3. The first-order valence-corrected chi connectivity index (χ1v) is 7.92. The summed E-state index contributed by atoms with van der Waals surface area (Å²) < 4.78 is 38.8. The molecule has 1 heterocycles. The zero-order valence-electron chi connectivity index (χ0n) is 13.3. The van der Waals surface area contributed by atoms with Crippen LogP contribution in [0.25, 0.3) is 0 Å². The molecule has 0 bridgehead atoms. The van der Waals surface area contributed by atoms with Crippen LogP contribution >= 0.6 is 0 Å². The lowest BCUT2D eigenvalue weighted by Crippen LogP contribution is -2.46. The van der Waals surface area contributed by atoms with Crippen molar-refractivity contribution in [3.63, 3.8) is 0 Å². The van der Waals surface area contributed by atoms with Crippen LogP contribution in [0.3, 0.4) is 0 Å². The number of carboxylic acids is 1. The van der Waals surface area contributed by atoms with Gasteiger partial charge in [0.2, 0.25) is 0 Å². The Hall–Kier alpha value is -1.47. The number of amides is 2. The lowest BCUT2D eigenvalue weighted by molar-refractivity contribution is -0.187. The number of urea groups is 1. The summed E-state index contributed by atoms with van der Waals surface area (Å²) in [6.07, 6.45) is -1.94. The van der Waals surface area contributed by atoms with E-state index in [4.69, 9.17) is 5.11 Å². The van der Waals surface area contributed by atoms with Crippen LogP contribution in [-0.4, -0.2) is 47.3 Å². The smallest absolute Gasteiger partial charge is 0.394 e. The number of carbonyl (C=O) groups is 2. The Morgan fingerprint density at radius 1 is 1.09 bits per heavy atom. The molecule has 2 aliphatic rings. The minimum absolute atomic E-state index is 0.0607. The number of likely N-dealkylation sites (tertiary alicyclic amines) is 1. The fourth-order valence-corrected chi connectivity index (χ4v) is 3.88. The second-order valence-corrected chi connectivity index (χ2v) is 7.06. The van der Waals surface area contributed by atoms with Crippen molar-refractivity contribution in [2.24, 2.45) is 23.7 Å². The maximum absolute atomic E-state index is 12.9. The molecule has 1 aliphatic heterocycles. The molecule has 23 heavy (non-hydrogen) atoms. The summed E-state index contributed by atoms with van der Waals surface area (Å²) >= 11 is 0. The molecule has 2 unspecified atom stereocenters. The van der Waals surface area contributed by atoms with Gasteiger partial charge in [-0.1, -0.05) is 13.8 Å². The second-order valence-electron chi connectivity index (χ2n) is 7.06. The highest BCUT2D eigenvalue weighted by molar-refractivity contribution is 5.78. The largest absolute Gasteiger partial charge is 0.481 e. The van der Waals surface area contributed by atoms with E-state index in [1.807, 2.05) is 0 Å². The SMILES string of the molecule is CC1CC(C)CC(NC(=O)N2C[C@@H](C(F)(F)F)[C@H](C(=O)O)C2)C1. The highest BCUT2D eigenvalue weighted by Crippen LogP contribution is 2.38. The van der Waals surface area contributed by atoms with Gasteiger partial charge in [-0.05, 0) is 31.1 Å². The van der Waals surface area contributed by atoms with E-state index in [1.165, 1.54) is 0 Å². The van der Waals surface area contributed by atoms with E-state index in [0.29, 0.717) is 11.8 Å². The number of aliphatic carboxylic acids is 1. The number of hydrogen-bond donors (Lipinski definition) is 2. The number of nitrogens with zero attached hydrogens (tertiary/aromatic N) is 1. The van der Waals surface area contributed by atoms with Crippen LogP contribution in [0, 0.1) is 23.7 Å². The van der Waals surface area contributed by atoms with Crippen LogP contribution in [0.4, 0.5) is 18.0 Å². The van der Waals surface area contributed by atoms with Gasteiger partial charge in [-0.2, -0.15) is 13.2 Å². The Bertz CT molecular complexity index is 459. The number of hydrogen-bond acceptors (Lipinski definition) is 2. The number of alkyl halides is 3. The summed E-state index contributed by atoms with van der Waals surface area (Å²) in [5, 5.41) is 11.8. The highest BCUT2D eigenvalue weighted by Gasteiger charge is 2.53. The number of nitrogens with one attached hydrogen (secondary N) is 1. The van der Waals surface area contributed by atoms with Gasteiger partial charge in [0.15, 0.2) is 0 Å². The normalized spacial score (nSPS) is 35.2. The number of rotatable bonds is 2. The van der Waals surface area contributed by atoms with Gasteiger partial charge in [-0.3, -0.25) is 4.79 Å². The van der Waals surface area contributed by atoms with Crippen LogP contribution in [0.2, 0.25) is 0 Å². The Labute approximate surface area is 133 Å². The molecule has 0 radical (unpaired) electrons. The Morgan fingerprint density at radius 3 is 2.09 bits per heavy atom. The molecule has 1 aliphatic carbocycles. The van der Waals surface area contributed by atoms with Gasteiger partial charge in [0.25, 0.3) is 0 Å². The molecule has 2 fully saturated rings. The van der Waals surface area contributed by atoms with Crippen molar-refractivity contribution in [3.05, 3.63) is 0 Å². The van der Waals surface area contributed by atoms with Crippen molar-refractivity contribution in [1.82, 2.24) is 10.2 Å². The van der Waals surface area contributed by atoms with Crippen molar-refractivity contribution in [2.75, 3.05) is 13.1 Å². The third-order valence-corrected chi connectivity index (χ3v) is 4.85. The topological polar surface area (TPSA) is 69.6 Å². The number of carboxylic acid groups (broad SMARTS) is 1. The summed E-state index contributed by atoms with van der Waals surface area (Å²) in [7, 11) is 0. The molecule has 2 rings (SSSR count). The van der Waals surface area contributed by atoms with Gasteiger partial charge in [0.1, 0.15) is 0 Å². The molecule has 0 spiro atoms. The minimum atomic E-state index is -4.62. The summed E-state index contributed by atoms with van der Waals surface area (Å²) in [5.41, 5.74) is 0. The van der Waals surface area contributed by atoms with Crippen LogP contribution in [0.1, 0.15) is 33.1 Å². The summed E-state index contributed by atoms with van der Waals surface area (Å²) in [6.45, 7) is 3.18. The van der Waals surface area contributed by atoms with Crippen LogP contribution < -0.4 is 5.32 Å². The third kappa shape index (κ3) is 4.29. The first-order chi connectivity index (χ1) is 10.6. The van der Waals surface area contributed by atoms with Crippen molar-refractivity contribution in [2.45, 2.75) is 45.3 Å². The van der Waals surface area contributed by atoms with Gasteiger partial charge < -0.3 is 15.3 Å². The van der Waals surface area contributed by atoms with E-state index >= 15 is 0 Å². The van der Waals surface area contributed by atoms with Crippen molar-refractivity contribution >= 4 is 12.0 Å². The quantitative estimate of drug-likeness (QED) is 0.815. The van der Waals surface area contributed by atoms with Crippen molar-refractivity contribution in [3.8, 4) is 0 Å². The maximum atomic E-state index is 12.9. The average molecular weight is 336 g/mol. The summed E-state index contributed by atoms with van der Waals surface area (Å²) in [6, 6.07) is -0.649. The predicted octanol–water partition coefficient (Wildman–Crippen LogP) is 2.72. The first-order valence-electron chi connectivity index (χ1n) is 7.92. The first kappa shape index (κ1) is 17.9. The maximum Gasteiger partial charge on any atom is 0.394 e. The van der Waals surface area contributed by atoms with Gasteiger partial charge in [0, 0.05) is 19.1 Å². The standard InChI is InChI=1S/C15H23F3N2O3/c1-8-3-9(2)5-10(4-8)19-14(23)20-6-11(13(21)22)12(7-20)15(16,17)18/h8-12H,3-7H2,1-2H3,(H,19,23)(H,21,22)/t8?,9?,10?,11-,12-/m1/s1. The molecule has 132 valence electrons. The molecule has 8 heteroatoms. The highest BCUT2D eigenvalue weighted by atomic mass is 19.4. The monoisotopic (exact) mass is 336 g/mol. The molecular weight excluding hydrogens is 313 g/mol. The predicted molar refractivity (Wildman–Crippen MR) is 76.7 cm³/mol. The van der Waals surface area contributed by atoms with Gasteiger partial charge in [-0.25, -0.2) is 4.79 Å². The molecule has 1 saturated heterocycles. The van der Waals surface area contributed by atoms with Crippen LogP contribution in [0.15, 0.2) is 0 Å². The van der Waals surface area contributed by atoms with Crippen LogP contribution in [0.5, 0.6) is 0 Å². The Kier molecular flexibility index (Phi) is 5.10. The third-order valence-electron chi connectivity index (χ3n) is 4.85. The molecular formula is C15H23F3N2O3. The fourth-order valence-electron chi connectivity index (χ4n) is 3.88. The molecule has 0 aromatic rings. The molecule has 4 atom stereocenters. The molecule has 5 nitrogen and oxygen atoms in total. The Morgan fingerprint density at radius 2 is 1.65 bits per heavy atom. The molecule has 0 aromatic carbocycles. The van der Waals surface area contributed by atoms with Crippen LogP contribution in [-0.2, 0) is 4.79 Å². The van der Waals surface area contributed by atoms with Crippen molar-refractivity contribution < 1.29 is 27.9 Å². The lowest BCUT2D eigenvalue weighted by atomic mass is 9.80. The molecule has 1 saturated carbocycles. The van der Waals surface area contributed by atoms with E-state index in [9.17, 15) is 22.8 Å². The lowest BCUT2D eigenvalue weighted by Gasteiger charge is -2.33. The molecule has 2 amide bonds. The van der Waals surface area contributed by atoms with E-state index < -0.39 is 43.1 Å². The molecule has 0 aromatic heterocycles. The summed E-state index contributed by atoms with van der Waals surface area (Å²) in [5.74, 6) is -4.20. The van der Waals surface area contributed by atoms with Gasteiger partial charge in [-0.15, -0.1) is 0 Å². The second kappa shape index (κ2) is 6.57. The van der Waals surface area contributed by atoms with E-state index in [2.05, 4.69) is 19.2 Å².